The van der Waals surface area contributed by atoms with Crippen LogP contribution in [0.25, 0.3) is 10.2 Å². The Morgan fingerprint density at radius 1 is 1.14 bits per heavy atom. The van der Waals surface area contributed by atoms with Crippen LogP contribution in [-0.2, 0) is 0 Å². The van der Waals surface area contributed by atoms with E-state index in [1.165, 1.54) is 0 Å². The number of methoxy groups -OCH3 is 1. The molecule has 0 spiro atoms. The van der Waals surface area contributed by atoms with Crippen LogP contribution >= 0.6 is 11.3 Å². The minimum Gasteiger partial charge on any atom is -0.493 e. The number of hydrogen-bond acceptors (Lipinski definition) is 6. The topological polar surface area (TPSA) is 56.3 Å². The molecule has 0 saturated heterocycles. The minimum absolute atomic E-state index is 0.524. The van der Waals surface area contributed by atoms with Crippen molar-refractivity contribution in [2.24, 2.45) is 0 Å². The molecule has 3 rings (SSSR count). The van der Waals surface area contributed by atoms with Crippen LogP contribution in [0.4, 0.5) is 5.82 Å². The van der Waals surface area contributed by atoms with Gasteiger partial charge in [-0.1, -0.05) is 12.1 Å². The number of para-hydroxylation sites is 2. The van der Waals surface area contributed by atoms with E-state index in [4.69, 9.17) is 9.47 Å². The van der Waals surface area contributed by atoms with Gasteiger partial charge in [0.1, 0.15) is 23.6 Å². The van der Waals surface area contributed by atoms with Gasteiger partial charge in [-0.15, -0.1) is 11.3 Å². The summed E-state index contributed by atoms with van der Waals surface area (Å²) in [6.07, 6.45) is 1.57. The number of benzene rings is 1. The van der Waals surface area contributed by atoms with Crippen LogP contribution in [0, 0.1) is 0 Å². The third-order valence-corrected chi connectivity index (χ3v) is 3.80. The fraction of sp³-hybridized carbons (Fsp3) is 0.200. The third-order valence-electron chi connectivity index (χ3n) is 2.98. The molecular weight excluding hydrogens is 286 g/mol. The van der Waals surface area contributed by atoms with E-state index in [2.05, 4.69) is 15.3 Å². The van der Waals surface area contributed by atoms with Gasteiger partial charge in [0.25, 0.3) is 0 Å². The summed E-state index contributed by atoms with van der Waals surface area (Å²) in [5.74, 6) is 2.31. The first kappa shape index (κ1) is 13.6. The summed E-state index contributed by atoms with van der Waals surface area (Å²) in [5.41, 5.74) is 0. The highest BCUT2D eigenvalue weighted by Gasteiger charge is 2.05. The molecule has 108 valence electrons. The highest BCUT2D eigenvalue weighted by molar-refractivity contribution is 7.16. The maximum atomic E-state index is 5.72. The number of nitrogens with zero attached hydrogens (tertiary/aromatic N) is 2. The second kappa shape index (κ2) is 6.41. The Morgan fingerprint density at radius 3 is 2.86 bits per heavy atom. The van der Waals surface area contributed by atoms with Crippen LogP contribution in [0.5, 0.6) is 11.5 Å². The van der Waals surface area contributed by atoms with Crippen LogP contribution in [0.1, 0.15) is 0 Å². The van der Waals surface area contributed by atoms with E-state index >= 15 is 0 Å². The molecule has 0 amide bonds. The Bertz CT molecular complexity index is 730. The maximum absolute atomic E-state index is 5.72. The van der Waals surface area contributed by atoms with Crippen molar-refractivity contribution >= 4 is 27.4 Å². The van der Waals surface area contributed by atoms with Gasteiger partial charge in [-0.2, -0.15) is 0 Å². The van der Waals surface area contributed by atoms with E-state index in [-0.39, 0.29) is 0 Å². The molecule has 0 saturated carbocycles. The number of thiophene rings is 1. The van der Waals surface area contributed by atoms with Crippen molar-refractivity contribution in [1.82, 2.24) is 9.97 Å². The first-order chi connectivity index (χ1) is 10.4. The highest BCUT2D eigenvalue weighted by Crippen LogP contribution is 2.26. The van der Waals surface area contributed by atoms with Gasteiger partial charge in [0.2, 0.25) is 0 Å². The summed E-state index contributed by atoms with van der Waals surface area (Å²) in [6.45, 7) is 1.18. The fourth-order valence-electron chi connectivity index (χ4n) is 2.00. The molecule has 3 aromatic rings. The molecule has 0 bridgehead atoms. The van der Waals surface area contributed by atoms with Gasteiger partial charge in [-0.25, -0.2) is 9.97 Å². The van der Waals surface area contributed by atoms with E-state index in [1.54, 1.807) is 24.8 Å². The number of rotatable bonds is 6. The molecule has 2 heterocycles. The Morgan fingerprint density at radius 2 is 2.00 bits per heavy atom. The Kier molecular flexibility index (Phi) is 4.16. The predicted octanol–water partition coefficient (Wildman–Crippen LogP) is 3.19. The molecule has 0 radical (unpaired) electrons. The number of nitrogens with one attached hydrogen (secondary N) is 1. The van der Waals surface area contributed by atoms with E-state index in [0.717, 1.165) is 27.5 Å². The lowest BCUT2D eigenvalue weighted by Gasteiger charge is -2.11. The monoisotopic (exact) mass is 301 g/mol. The standard InChI is InChI=1S/C15H15N3O2S/c1-19-12-4-2-3-5-13(12)20-8-7-16-14-11-6-9-21-15(11)18-10-17-14/h2-6,9-10H,7-8H2,1H3,(H,16,17,18). The van der Waals surface area contributed by atoms with Crippen LogP contribution in [0.15, 0.2) is 42.0 Å². The van der Waals surface area contributed by atoms with Gasteiger partial charge in [-0.05, 0) is 23.6 Å². The normalized spacial score (nSPS) is 10.5. The number of fused-ring (bicyclic) bond motifs is 1. The number of aromatic nitrogens is 2. The van der Waals surface area contributed by atoms with Crippen molar-refractivity contribution in [2.75, 3.05) is 25.6 Å². The lowest BCUT2D eigenvalue weighted by atomic mass is 10.3. The largest absolute Gasteiger partial charge is 0.493 e. The molecule has 21 heavy (non-hydrogen) atoms. The van der Waals surface area contributed by atoms with Gasteiger partial charge in [0.15, 0.2) is 11.5 Å². The summed E-state index contributed by atoms with van der Waals surface area (Å²) in [7, 11) is 1.63. The molecule has 0 unspecified atom stereocenters. The molecule has 2 aromatic heterocycles. The van der Waals surface area contributed by atoms with E-state index in [0.29, 0.717) is 13.2 Å². The molecule has 5 nitrogen and oxygen atoms in total. The van der Waals surface area contributed by atoms with Gasteiger partial charge >= 0.3 is 0 Å². The van der Waals surface area contributed by atoms with Crippen LogP contribution in [-0.4, -0.2) is 30.2 Å². The average molecular weight is 301 g/mol. The van der Waals surface area contributed by atoms with Crippen molar-refractivity contribution in [3.05, 3.63) is 42.0 Å². The van der Waals surface area contributed by atoms with E-state index in [9.17, 15) is 0 Å². The molecular formula is C15H15N3O2S. The summed E-state index contributed by atoms with van der Waals surface area (Å²) in [5, 5.41) is 6.32. The summed E-state index contributed by atoms with van der Waals surface area (Å²) < 4.78 is 11.0. The van der Waals surface area contributed by atoms with Gasteiger partial charge < -0.3 is 14.8 Å². The Hall–Kier alpha value is -2.34. The molecule has 1 N–H and O–H groups in total. The Labute approximate surface area is 126 Å². The highest BCUT2D eigenvalue weighted by atomic mass is 32.1. The van der Waals surface area contributed by atoms with E-state index in [1.807, 2.05) is 35.7 Å². The lowest BCUT2D eigenvalue weighted by molar-refractivity contribution is 0.306. The SMILES string of the molecule is COc1ccccc1OCCNc1ncnc2sccc12. The van der Waals surface area contributed by atoms with Gasteiger partial charge in [0.05, 0.1) is 19.0 Å². The van der Waals surface area contributed by atoms with Crippen LogP contribution in [0.2, 0.25) is 0 Å². The molecule has 6 heteroatoms. The zero-order valence-electron chi connectivity index (χ0n) is 11.6. The Balaban J connectivity index is 1.58. The second-order valence-electron chi connectivity index (χ2n) is 4.29. The van der Waals surface area contributed by atoms with E-state index < -0.39 is 0 Å². The molecule has 0 fully saturated rings. The summed E-state index contributed by atoms with van der Waals surface area (Å²) in [4.78, 5) is 9.47. The minimum atomic E-state index is 0.524. The number of hydrogen-bond donors (Lipinski definition) is 1. The van der Waals surface area contributed by atoms with Gasteiger partial charge in [0, 0.05) is 0 Å². The predicted molar refractivity (Wildman–Crippen MR) is 84.4 cm³/mol. The smallest absolute Gasteiger partial charge is 0.161 e. The van der Waals surface area contributed by atoms with Crippen molar-refractivity contribution in [3.8, 4) is 11.5 Å². The average Bonchev–Trinajstić information content (AvgIpc) is 3.01. The summed E-state index contributed by atoms with van der Waals surface area (Å²) >= 11 is 1.60. The summed E-state index contributed by atoms with van der Waals surface area (Å²) in [6, 6.07) is 9.62. The zero-order chi connectivity index (χ0) is 14.5. The van der Waals surface area contributed by atoms with Gasteiger partial charge in [-0.3, -0.25) is 0 Å². The molecule has 0 atom stereocenters. The zero-order valence-corrected chi connectivity index (χ0v) is 12.4. The molecule has 0 aliphatic heterocycles. The molecule has 0 aliphatic rings. The third kappa shape index (κ3) is 3.05. The molecule has 0 aliphatic carbocycles. The first-order valence-corrected chi connectivity index (χ1v) is 7.44. The van der Waals surface area contributed by atoms with Crippen LogP contribution in [0.3, 0.4) is 0 Å². The molecule has 1 aromatic carbocycles. The van der Waals surface area contributed by atoms with Crippen molar-refractivity contribution in [2.45, 2.75) is 0 Å². The number of ether oxygens (including phenoxy) is 2. The van der Waals surface area contributed by atoms with Crippen molar-refractivity contribution in [1.29, 1.82) is 0 Å². The lowest BCUT2D eigenvalue weighted by Crippen LogP contribution is -2.12. The quantitative estimate of drug-likeness (QED) is 0.709. The van der Waals surface area contributed by atoms with Crippen molar-refractivity contribution < 1.29 is 9.47 Å². The fourth-order valence-corrected chi connectivity index (χ4v) is 2.73. The van der Waals surface area contributed by atoms with Crippen molar-refractivity contribution in [3.63, 3.8) is 0 Å². The maximum Gasteiger partial charge on any atom is 0.161 e. The number of anilines is 1. The first-order valence-electron chi connectivity index (χ1n) is 6.56. The second-order valence-corrected chi connectivity index (χ2v) is 5.18. The van der Waals surface area contributed by atoms with Crippen LogP contribution < -0.4 is 14.8 Å².